The van der Waals surface area contributed by atoms with Crippen molar-refractivity contribution in [1.29, 1.82) is 0 Å². The third-order valence-corrected chi connectivity index (χ3v) is 6.73. The third-order valence-electron chi connectivity index (χ3n) is 5.64. The molecule has 2 aromatic rings. The maximum absolute atomic E-state index is 13.2. The molecule has 1 aromatic carbocycles. The first-order valence-corrected chi connectivity index (χ1v) is 11.2. The number of fused-ring (bicyclic) bond motifs is 1. The normalized spacial score (nSPS) is 20.3. The first-order chi connectivity index (χ1) is 17.1. The molecule has 0 radical (unpaired) electrons. The Morgan fingerprint density at radius 3 is 2.38 bits per heavy atom. The van der Waals surface area contributed by atoms with E-state index in [9.17, 15) is 34.5 Å². The van der Waals surface area contributed by atoms with Crippen molar-refractivity contribution in [3.8, 4) is 5.75 Å². The fourth-order valence-corrected chi connectivity index (χ4v) is 4.72. The summed E-state index contributed by atoms with van der Waals surface area (Å²) in [5.41, 5.74) is -2.17. The Hall–Kier alpha value is -1.02. The predicted octanol–water partition coefficient (Wildman–Crippen LogP) is -3.07. The number of methoxy groups -OCH3 is 1. The van der Waals surface area contributed by atoms with Crippen LogP contribution in [0.3, 0.4) is 0 Å². The zero-order valence-corrected chi connectivity index (χ0v) is 19.6. The summed E-state index contributed by atoms with van der Waals surface area (Å²) in [6, 6.07) is 4.93. The van der Waals surface area contributed by atoms with Gasteiger partial charge in [-0.1, -0.05) is 23.9 Å². The van der Waals surface area contributed by atoms with Crippen molar-refractivity contribution in [1.82, 2.24) is 30.4 Å². The van der Waals surface area contributed by atoms with E-state index >= 15 is 0 Å². The molecule has 2 aliphatic rings. The zero-order chi connectivity index (χ0) is 26.2. The van der Waals surface area contributed by atoms with Crippen molar-refractivity contribution in [3.05, 3.63) is 41.1 Å². The zero-order valence-electron chi connectivity index (χ0n) is 18.8. The predicted molar refractivity (Wildman–Crippen MR) is 139 cm³/mol. The van der Waals surface area contributed by atoms with E-state index in [0.29, 0.717) is 5.16 Å². The molecule has 2 amide bonds. The van der Waals surface area contributed by atoms with Gasteiger partial charge < -0.3 is 30.1 Å². The van der Waals surface area contributed by atoms with E-state index in [1.54, 1.807) is 7.05 Å². The van der Waals surface area contributed by atoms with Crippen molar-refractivity contribution < 1.29 is 44.0 Å². The number of β-lactam (4-membered cyclic amide) rings is 1. The molecule has 39 heavy (non-hydrogen) atoms. The second-order valence-corrected chi connectivity index (χ2v) is 8.70. The molecule has 3 atom stereocenters. The van der Waals surface area contributed by atoms with Gasteiger partial charge in [-0.3, -0.25) is 19.3 Å². The van der Waals surface area contributed by atoms with Crippen LogP contribution in [0.4, 0.5) is 0 Å². The van der Waals surface area contributed by atoms with E-state index in [-0.39, 0.29) is 124 Å². The molecule has 2 aliphatic heterocycles. The van der Waals surface area contributed by atoms with Crippen molar-refractivity contribution in [2.45, 2.75) is 23.0 Å². The topological polar surface area (TPSA) is 206 Å². The molecule has 1 aromatic heterocycles. The number of aryl methyl sites for hydroxylation is 1. The van der Waals surface area contributed by atoms with Gasteiger partial charge in [0.1, 0.15) is 11.4 Å². The van der Waals surface area contributed by atoms with Gasteiger partial charge in [-0.25, -0.2) is 9.48 Å². The molecular formula is C20H23N6Na3O9S. The summed E-state index contributed by atoms with van der Waals surface area (Å²) < 4.78 is 12.4. The molecule has 3 heterocycles. The van der Waals surface area contributed by atoms with Crippen LogP contribution in [0.25, 0.3) is 0 Å². The molecule has 0 bridgehead atoms. The van der Waals surface area contributed by atoms with Crippen LogP contribution in [0.5, 0.6) is 5.75 Å². The van der Waals surface area contributed by atoms with E-state index in [4.69, 9.17) is 9.47 Å². The van der Waals surface area contributed by atoms with Crippen LogP contribution in [0, 0.1) is 0 Å². The van der Waals surface area contributed by atoms with Gasteiger partial charge in [-0.2, -0.15) is 0 Å². The summed E-state index contributed by atoms with van der Waals surface area (Å²) in [6.45, 7) is -0.213. The molecule has 1 saturated heterocycles. The fraction of sp³-hybridized carbons (Fsp3) is 0.350. The number of nitrogens with one attached hydrogen (secondary N) is 1. The Labute approximate surface area is 291 Å². The maximum atomic E-state index is 13.2. The SMILES string of the molecule is CO[C@@]1(NC(=O)C(C(=O)O)c2ccc(O)cc2)C(=O)N2C(C(=O)O)=C(CSc3nnnn3C)CO[C@@H]21.[NaH].[NaH].[NaH]. The Kier molecular flexibility index (Phi) is 13.6. The van der Waals surface area contributed by atoms with Crippen LogP contribution >= 0.6 is 11.8 Å². The van der Waals surface area contributed by atoms with Crippen LogP contribution in [0.1, 0.15) is 11.5 Å². The minimum atomic E-state index is -2.14. The molecule has 15 nitrogen and oxygen atoms in total. The number of carboxylic acids is 2. The van der Waals surface area contributed by atoms with Crippen LogP contribution in [0.2, 0.25) is 0 Å². The Balaban J connectivity index is 0.00000253. The molecule has 1 fully saturated rings. The van der Waals surface area contributed by atoms with Gasteiger partial charge >= 0.3 is 101 Å². The van der Waals surface area contributed by atoms with Crippen molar-refractivity contribution in [2.75, 3.05) is 19.5 Å². The summed E-state index contributed by atoms with van der Waals surface area (Å²) in [4.78, 5) is 51.0. The molecule has 0 saturated carbocycles. The molecule has 4 N–H and O–H groups in total. The standard InChI is InChI=1S/C20H20N6O9S.3Na.3H/c1-25-19(22-23-24-25)36-8-10-7-35-18-20(34-2,17(33)26(18)13(10)16(31)32)21-14(28)12(15(29)30)9-3-5-11(27)6-4-9;;;;;;/h3-6,12,18,27H,7-8H2,1-2H3,(H,21,28)(H,29,30)(H,31,32);;;;;;/t12?,18-,20+;;;;;;/m1....../s1. The molecular weight excluding hydrogens is 569 g/mol. The number of aliphatic carboxylic acids is 2. The summed E-state index contributed by atoms with van der Waals surface area (Å²) >= 11 is 1.14. The van der Waals surface area contributed by atoms with Gasteiger partial charge in [-0.05, 0) is 33.7 Å². The van der Waals surface area contributed by atoms with Crippen LogP contribution in [-0.2, 0) is 35.7 Å². The van der Waals surface area contributed by atoms with Crippen molar-refractivity contribution in [3.63, 3.8) is 0 Å². The van der Waals surface area contributed by atoms with Gasteiger partial charge in [0, 0.05) is 19.9 Å². The van der Waals surface area contributed by atoms with Gasteiger partial charge in [-0.15, -0.1) is 5.10 Å². The molecule has 0 spiro atoms. The second-order valence-electron chi connectivity index (χ2n) is 7.76. The van der Waals surface area contributed by atoms with E-state index in [2.05, 4.69) is 20.8 Å². The van der Waals surface area contributed by atoms with Crippen molar-refractivity contribution in [2.24, 2.45) is 7.05 Å². The number of nitrogens with zero attached hydrogens (tertiary/aromatic N) is 5. The number of aromatic nitrogens is 4. The van der Waals surface area contributed by atoms with Crippen LogP contribution < -0.4 is 5.32 Å². The third kappa shape index (κ3) is 6.90. The number of hydrogen-bond acceptors (Lipinski definition) is 11. The number of tetrazole rings is 1. The Morgan fingerprint density at radius 1 is 1.23 bits per heavy atom. The number of thioether (sulfide) groups is 1. The summed E-state index contributed by atoms with van der Waals surface area (Å²) in [7, 11) is 2.71. The first-order valence-electron chi connectivity index (χ1n) is 10.2. The van der Waals surface area contributed by atoms with Crippen LogP contribution in [-0.4, -0.2) is 184 Å². The monoisotopic (exact) mass is 592 g/mol. The first kappa shape index (κ1) is 36.0. The number of carboxylic acid groups (broad SMARTS) is 2. The molecule has 4 rings (SSSR count). The number of carbonyl (C=O) groups is 4. The van der Waals surface area contributed by atoms with E-state index in [0.717, 1.165) is 23.8 Å². The number of ether oxygens (including phenoxy) is 2. The van der Waals surface area contributed by atoms with Gasteiger partial charge in [0.2, 0.25) is 11.1 Å². The number of phenols is 1. The van der Waals surface area contributed by atoms with Crippen LogP contribution in [0.15, 0.2) is 40.7 Å². The summed E-state index contributed by atoms with van der Waals surface area (Å²) in [5, 5.41) is 42.6. The van der Waals surface area contributed by atoms with E-state index in [1.165, 1.54) is 28.9 Å². The number of benzene rings is 1. The van der Waals surface area contributed by atoms with Crippen molar-refractivity contribution >= 4 is 124 Å². The number of aromatic hydroxyl groups is 1. The molecule has 0 aliphatic carbocycles. The van der Waals surface area contributed by atoms with Gasteiger partial charge in [0.05, 0.1) is 6.61 Å². The van der Waals surface area contributed by atoms with E-state index in [1.807, 2.05) is 0 Å². The number of carbonyl (C=O) groups excluding carboxylic acids is 2. The Bertz CT molecular complexity index is 1280. The number of hydrogen-bond donors (Lipinski definition) is 4. The molecule has 1 unspecified atom stereocenters. The molecule has 19 heteroatoms. The Morgan fingerprint density at radius 2 is 1.87 bits per heavy atom. The average molecular weight is 592 g/mol. The van der Waals surface area contributed by atoms with Gasteiger partial charge in [0.25, 0.3) is 11.6 Å². The average Bonchev–Trinajstić information content (AvgIpc) is 3.25. The second kappa shape index (κ2) is 14.7. The van der Waals surface area contributed by atoms with E-state index < -0.39 is 41.6 Å². The number of phenolic OH excluding ortho intramolecular Hbond substituents is 1. The quantitative estimate of drug-likeness (QED) is 0.0751. The molecule has 196 valence electrons. The summed E-state index contributed by atoms with van der Waals surface area (Å²) in [6.07, 6.45) is -1.36. The minimum absolute atomic E-state index is 0. The number of rotatable bonds is 9. The van der Waals surface area contributed by atoms with Gasteiger partial charge in [0.15, 0.2) is 12.1 Å². The fourth-order valence-electron chi connectivity index (χ4n) is 3.88. The summed E-state index contributed by atoms with van der Waals surface area (Å²) in [5.74, 6) is -6.73. The number of amides is 2.